The second-order valence-corrected chi connectivity index (χ2v) is 8.64. The predicted molar refractivity (Wildman–Crippen MR) is 105 cm³/mol. The minimum atomic E-state index is -3.71. The minimum Gasteiger partial charge on any atom is -0.347 e. The van der Waals surface area contributed by atoms with Gasteiger partial charge in [0.2, 0.25) is 10.0 Å². The topological polar surface area (TPSA) is 89.3 Å². The van der Waals surface area contributed by atoms with Gasteiger partial charge in [-0.1, -0.05) is 43.7 Å². The number of hydrogen-bond acceptors (Lipinski definition) is 4. The molecule has 7 heteroatoms. The monoisotopic (exact) mass is 388 g/mol. The number of primary sulfonamides is 1. The Bertz CT molecular complexity index is 1040. The third-order valence-electron chi connectivity index (χ3n) is 4.11. The van der Waals surface area contributed by atoms with Gasteiger partial charge in [-0.2, -0.15) is 0 Å². The van der Waals surface area contributed by atoms with Crippen molar-refractivity contribution in [2.24, 2.45) is 5.14 Å². The van der Waals surface area contributed by atoms with Gasteiger partial charge in [-0.15, -0.1) is 11.3 Å². The summed E-state index contributed by atoms with van der Waals surface area (Å²) < 4.78 is 23.7. The first-order chi connectivity index (χ1) is 12.4. The molecule has 0 spiro atoms. The fraction of sp³-hybridized carbons (Fsp3) is 0.211. The lowest BCUT2D eigenvalue weighted by Crippen LogP contribution is -2.23. The van der Waals surface area contributed by atoms with Crippen LogP contribution in [0, 0.1) is 0 Å². The van der Waals surface area contributed by atoms with E-state index in [9.17, 15) is 13.2 Å². The summed E-state index contributed by atoms with van der Waals surface area (Å²) in [6.07, 6.45) is 1.83. The second-order valence-electron chi connectivity index (χ2n) is 6.03. The SMILES string of the molecule is CCCc1c(C(=O)NCc2ccc(S(N)(=O)=O)cc2)sc2ccccc12. The van der Waals surface area contributed by atoms with Crippen molar-refractivity contribution in [2.45, 2.75) is 31.2 Å². The lowest BCUT2D eigenvalue weighted by molar-refractivity contribution is 0.0954. The second kappa shape index (κ2) is 7.57. The van der Waals surface area contributed by atoms with Gasteiger partial charge in [0.15, 0.2) is 0 Å². The van der Waals surface area contributed by atoms with Crippen molar-refractivity contribution >= 4 is 37.4 Å². The molecule has 0 fully saturated rings. The number of carbonyl (C=O) groups is 1. The summed E-state index contributed by atoms with van der Waals surface area (Å²) in [6.45, 7) is 2.42. The van der Waals surface area contributed by atoms with E-state index in [1.165, 1.54) is 23.5 Å². The number of sulfonamides is 1. The minimum absolute atomic E-state index is 0.0577. The number of carbonyl (C=O) groups excluding carboxylic acids is 1. The van der Waals surface area contributed by atoms with Crippen molar-refractivity contribution in [2.75, 3.05) is 0 Å². The molecule has 0 bridgehead atoms. The molecule has 0 saturated carbocycles. The van der Waals surface area contributed by atoms with Crippen molar-refractivity contribution in [3.63, 3.8) is 0 Å². The van der Waals surface area contributed by atoms with Crippen LogP contribution in [0.15, 0.2) is 53.4 Å². The van der Waals surface area contributed by atoms with Crippen LogP contribution in [0.4, 0.5) is 0 Å². The fourth-order valence-electron chi connectivity index (χ4n) is 2.84. The Labute approximate surface area is 156 Å². The largest absolute Gasteiger partial charge is 0.347 e. The third-order valence-corrected chi connectivity index (χ3v) is 6.25. The van der Waals surface area contributed by atoms with Crippen LogP contribution in [-0.2, 0) is 23.0 Å². The number of fused-ring (bicyclic) bond motifs is 1. The number of hydrogen-bond donors (Lipinski definition) is 2. The van der Waals surface area contributed by atoms with Crippen molar-refractivity contribution in [1.82, 2.24) is 5.32 Å². The Hall–Kier alpha value is -2.22. The van der Waals surface area contributed by atoms with Gasteiger partial charge in [-0.05, 0) is 41.1 Å². The molecule has 136 valence electrons. The highest BCUT2D eigenvalue weighted by Crippen LogP contribution is 2.32. The van der Waals surface area contributed by atoms with Gasteiger partial charge < -0.3 is 5.32 Å². The summed E-state index contributed by atoms with van der Waals surface area (Å²) in [5.41, 5.74) is 1.90. The molecule has 2 aromatic carbocycles. The van der Waals surface area contributed by atoms with Gasteiger partial charge >= 0.3 is 0 Å². The van der Waals surface area contributed by atoms with Gasteiger partial charge in [0, 0.05) is 11.2 Å². The molecule has 0 aliphatic rings. The van der Waals surface area contributed by atoms with E-state index in [1.54, 1.807) is 12.1 Å². The maximum Gasteiger partial charge on any atom is 0.261 e. The molecule has 0 radical (unpaired) electrons. The summed E-state index contributed by atoms with van der Waals surface area (Å²) in [5, 5.41) is 9.16. The van der Waals surface area contributed by atoms with Gasteiger partial charge in [-0.3, -0.25) is 4.79 Å². The van der Waals surface area contributed by atoms with E-state index >= 15 is 0 Å². The fourth-order valence-corrected chi connectivity index (χ4v) is 4.52. The molecule has 1 aromatic heterocycles. The molecule has 3 aromatic rings. The number of aryl methyl sites for hydroxylation is 1. The molecule has 3 N–H and O–H groups in total. The van der Waals surface area contributed by atoms with Crippen molar-refractivity contribution in [3.05, 3.63) is 64.5 Å². The smallest absolute Gasteiger partial charge is 0.261 e. The Kier molecular flexibility index (Phi) is 5.41. The lowest BCUT2D eigenvalue weighted by Gasteiger charge is -2.07. The summed E-state index contributed by atoms with van der Waals surface area (Å²) in [7, 11) is -3.71. The van der Waals surface area contributed by atoms with E-state index in [0.717, 1.165) is 38.9 Å². The van der Waals surface area contributed by atoms with Crippen LogP contribution in [0.1, 0.15) is 34.1 Å². The maximum atomic E-state index is 12.7. The maximum absolute atomic E-state index is 12.7. The zero-order chi connectivity index (χ0) is 18.7. The van der Waals surface area contributed by atoms with E-state index in [-0.39, 0.29) is 10.8 Å². The van der Waals surface area contributed by atoms with E-state index < -0.39 is 10.0 Å². The van der Waals surface area contributed by atoms with Crippen LogP contribution >= 0.6 is 11.3 Å². The molecule has 0 aliphatic heterocycles. The van der Waals surface area contributed by atoms with Crippen molar-refractivity contribution in [3.8, 4) is 0 Å². The van der Waals surface area contributed by atoms with Crippen LogP contribution in [-0.4, -0.2) is 14.3 Å². The molecule has 26 heavy (non-hydrogen) atoms. The molecular formula is C19H20N2O3S2. The van der Waals surface area contributed by atoms with E-state index in [2.05, 4.69) is 18.3 Å². The van der Waals surface area contributed by atoms with Gasteiger partial charge in [-0.25, -0.2) is 13.6 Å². The molecular weight excluding hydrogens is 368 g/mol. The van der Waals surface area contributed by atoms with Gasteiger partial charge in [0.1, 0.15) is 0 Å². The highest BCUT2D eigenvalue weighted by atomic mass is 32.2. The highest BCUT2D eigenvalue weighted by Gasteiger charge is 2.17. The molecule has 3 rings (SSSR count). The molecule has 1 amide bonds. The Morgan fingerprint density at radius 3 is 2.46 bits per heavy atom. The normalized spacial score (nSPS) is 11.6. The van der Waals surface area contributed by atoms with Crippen molar-refractivity contribution < 1.29 is 13.2 Å². The average Bonchev–Trinajstić information content (AvgIpc) is 2.98. The number of amides is 1. The summed E-state index contributed by atoms with van der Waals surface area (Å²) in [6, 6.07) is 14.2. The summed E-state index contributed by atoms with van der Waals surface area (Å²) in [4.78, 5) is 13.5. The summed E-state index contributed by atoms with van der Waals surface area (Å²) in [5.74, 6) is -0.106. The Morgan fingerprint density at radius 1 is 1.12 bits per heavy atom. The Morgan fingerprint density at radius 2 is 1.81 bits per heavy atom. The van der Waals surface area contributed by atoms with E-state index in [1.807, 2.05) is 18.2 Å². The highest BCUT2D eigenvalue weighted by molar-refractivity contribution is 7.89. The number of benzene rings is 2. The van der Waals surface area contributed by atoms with Crippen LogP contribution in [0.2, 0.25) is 0 Å². The lowest BCUT2D eigenvalue weighted by atomic mass is 10.1. The number of nitrogens with two attached hydrogens (primary N) is 1. The quantitative estimate of drug-likeness (QED) is 0.678. The number of rotatable bonds is 6. The molecule has 0 atom stereocenters. The molecule has 0 unspecified atom stereocenters. The molecule has 0 saturated heterocycles. The standard InChI is InChI=1S/C19H20N2O3S2/c1-2-5-16-15-6-3-4-7-17(15)25-18(16)19(22)21-12-13-8-10-14(11-9-13)26(20,23)24/h3-4,6-11H,2,5,12H2,1H3,(H,21,22)(H2,20,23,24). The summed E-state index contributed by atoms with van der Waals surface area (Å²) >= 11 is 1.51. The first-order valence-electron chi connectivity index (χ1n) is 8.30. The van der Waals surface area contributed by atoms with Crippen LogP contribution in [0.5, 0.6) is 0 Å². The van der Waals surface area contributed by atoms with Crippen LogP contribution in [0.25, 0.3) is 10.1 Å². The zero-order valence-electron chi connectivity index (χ0n) is 14.4. The molecule has 5 nitrogen and oxygen atoms in total. The number of thiophene rings is 1. The zero-order valence-corrected chi connectivity index (χ0v) is 16.0. The van der Waals surface area contributed by atoms with Gasteiger partial charge in [0.25, 0.3) is 5.91 Å². The predicted octanol–water partition coefficient (Wildman–Crippen LogP) is 3.43. The Balaban J connectivity index is 1.78. The average molecular weight is 389 g/mol. The molecule has 0 aliphatic carbocycles. The van der Waals surface area contributed by atoms with E-state index in [0.29, 0.717) is 6.54 Å². The number of nitrogens with one attached hydrogen (secondary N) is 1. The third kappa shape index (κ3) is 3.95. The van der Waals surface area contributed by atoms with Crippen LogP contribution < -0.4 is 10.5 Å². The van der Waals surface area contributed by atoms with Crippen LogP contribution in [0.3, 0.4) is 0 Å². The first kappa shape index (κ1) is 18.6. The van der Waals surface area contributed by atoms with Gasteiger partial charge in [0.05, 0.1) is 9.77 Å². The van der Waals surface area contributed by atoms with E-state index in [4.69, 9.17) is 5.14 Å². The molecule has 1 heterocycles. The van der Waals surface area contributed by atoms with Crippen molar-refractivity contribution in [1.29, 1.82) is 0 Å². The first-order valence-corrected chi connectivity index (χ1v) is 10.7.